The smallest absolute Gasteiger partial charge is 0.192 e. The van der Waals surface area contributed by atoms with E-state index in [0.29, 0.717) is 6.61 Å². The highest BCUT2D eigenvalue weighted by Gasteiger charge is 2.36. The first kappa shape index (κ1) is 15.4. The van der Waals surface area contributed by atoms with Crippen molar-refractivity contribution in [1.82, 2.24) is 0 Å². The van der Waals surface area contributed by atoms with Crippen LogP contribution in [-0.2, 0) is 4.43 Å². The molecule has 0 aromatic rings. The van der Waals surface area contributed by atoms with Gasteiger partial charge in [-0.2, -0.15) is 0 Å². The van der Waals surface area contributed by atoms with Crippen molar-refractivity contribution in [3.8, 4) is 0 Å². The van der Waals surface area contributed by atoms with Crippen LogP contribution >= 0.6 is 0 Å². The van der Waals surface area contributed by atoms with E-state index in [1.54, 1.807) is 0 Å². The molecule has 1 nitrogen and oxygen atoms in total. The summed E-state index contributed by atoms with van der Waals surface area (Å²) in [6.45, 7) is 17.7. The number of allylic oxidation sites excluding steroid dienone is 3. The highest BCUT2D eigenvalue weighted by atomic mass is 28.4. The normalized spacial score (nSPS) is 14.5. The summed E-state index contributed by atoms with van der Waals surface area (Å²) in [5.41, 5.74) is 1.18. The van der Waals surface area contributed by atoms with E-state index in [9.17, 15) is 0 Å². The molecular weight excluding hydrogens is 212 g/mol. The summed E-state index contributed by atoms with van der Waals surface area (Å²) in [6.07, 6.45) is 7.93. The predicted octanol–water partition coefficient (Wildman–Crippen LogP) is 4.70. The van der Waals surface area contributed by atoms with Gasteiger partial charge in [-0.1, -0.05) is 51.7 Å². The topological polar surface area (TPSA) is 9.23 Å². The Labute approximate surface area is 102 Å². The molecule has 0 rings (SSSR count). The molecule has 0 saturated heterocycles. The van der Waals surface area contributed by atoms with Gasteiger partial charge in [0.05, 0.1) is 6.61 Å². The quantitative estimate of drug-likeness (QED) is 0.498. The van der Waals surface area contributed by atoms with Crippen LogP contribution in [0.2, 0.25) is 18.1 Å². The molecule has 0 aromatic heterocycles. The van der Waals surface area contributed by atoms with Crippen molar-refractivity contribution in [1.29, 1.82) is 0 Å². The van der Waals surface area contributed by atoms with Crippen molar-refractivity contribution in [3.63, 3.8) is 0 Å². The fraction of sp³-hybridized carbons (Fsp3) is 0.571. The molecule has 0 radical (unpaired) electrons. The Kier molecular flexibility index (Phi) is 5.98. The predicted molar refractivity (Wildman–Crippen MR) is 76.2 cm³/mol. The maximum atomic E-state index is 6.13. The first-order valence-electron chi connectivity index (χ1n) is 5.83. The lowest BCUT2D eigenvalue weighted by Gasteiger charge is -2.36. The van der Waals surface area contributed by atoms with Gasteiger partial charge in [-0.25, -0.2) is 0 Å². The maximum absolute atomic E-state index is 6.13. The Morgan fingerprint density at radius 2 is 1.88 bits per heavy atom. The van der Waals surface area contributed by atoms with Gasteiger partial charge in [0, 0.05) is 0 Å². The molecule has 0 aliphatic heterocycles. The Balaban J connectivity index is 4.54. The van der Waals surface area contributed by atoms with Crippen molar-refractivity contribution >= 4 is 8.32 Å². The molecule has 0 atom stereocenters. The Morgan fingerprint density at radius 3 is 2.25 bits per heavy atom. The number of hydrogen-bond donors (Lipinski definition) is 0. The van der Waals surface area contributed by atoms with E-state index in [1.807, 2.05) is 25.2 Å². The highest BCUT2D eigenvalue weighted by Crippen LogP contribution is 2.36. The van der Waals surface area contributed by atoms with E-state index < -0.39 is 8.32 Å². The second kappa shape index (κ2) is 6.21. The van der Waals surface area contributed by atoms with Gasteiger partial charge in [-0.15, -0.1) is 0 Å². The summed E-state index contributed by atoms with van der Waals surface area (Å²) >= 11 is 0. The molecule has 0 saturated carbocycles. The maximum Gasteiger partial charge on any atom is 0.192 e. The first-order chi connectivity index (χ1) is 7.24. The molecule has 2 heteroatoms. The summed E-state index contributed by atoms with van der Waals surface area (Å²) < 4.78 is 6.13. The average Bonchev–Trinajstić information content (AvgIpc) is 2.13. The van der Waals surface area contributed by atoms with Crippen molar-refractivity contribution in [2.75, 3.05) is 6.61 Å². The summed E-state index contributed by atoms with van der Waals surface area (Å²) in [7, 11) is -1.63. The van der Waals surface area contributed by atoms with E-state index in [-0.39, 0.29) is 5.04 Å². The third kappa shape index (κ3) is 4.95. The molecule has 0 amide bonds. The average molecular weight is 238 g/mol. The minimum atomic E-state index is -1.63. The van der Waals surface area contributed by atoms with E-state index in [2.05, 4.69) is 46.5 Å². The van der Waals surface area contributed by atoms with Crippen molar-refractivity contribution in [3.05, 3.63) is 36.5 Å². The summed E-state index contributed by atoms with van der Waals surface area (Å²) in [5.74, 6) is 0. The van der Waals surface area contributed by atoms with E-state index in [4.69, 9.17) is 4.43 Å². The number of rotatable bonds is 5. The van der Waals surface area contributed by atoms with Gasteiger partial charge in [0.15, 0.2) is 8.32 Å². The Bertz CT molecular complexity index is 280. The monoisotopic (exact) mass is 238 g/mol. The minimum Gasteiger partial charge on any atom is -0.413 e. The second-order valence-electron chi connectivity index (χ2n) is 5.53. The lowest BCUT2D eigenvalue weighted by Crippen LogP contribution is -2.41. The molecule has 0 aliphatic rings. The molecule has 0 aromatic carbocycles. The van der Waals surface area contributed by atoms with Crippen LogP contribution in [0.5, 0.6) is 0 Å². The van der Waals surface area contributed by atoms with Gasteiger partial charge in [0.2, 0.25) is 0 Å². The first-order valence-corrected chi connectivity index (χ1v) is 8.73. The Morgan fingerprint density at radius 1 is 1.31 bits per heavy atom. The molecule has 0 fully saturated rings. The zero-order valence-electron chi connectivity index (χ0n) is 11.6. The highest BCUT2D eigenvalue weighted by molar-refractivity contribution is 6.74. The summed E-state index contributed by atoms with van der Waals surface area (Å²) in [6, 6.07) is 0. The van der Waals surface area contributed by atoms with E-state index in [1.165, 1.54) is 5.57 Å². The van der Waals surface area contributed by atoms with E-state index in [0.717, 1.165) is 0 Å². The van der Waals surface area contributed by atoms with Crippen molar-refractivity contribution in [2.45, 2.75) is 45.8 Å². The van der Waals surface area contributed by atoms with Crippen LogP contribution in [0, 0.1) is 0 Å². The lowest BCUT2D eigenvalue weighted by molar-refractivity contribution is 0.321. The van der Waals surface area contributed by atoms with Gasteiger partial charge >= 0.3 is 0 Å². The molecule has 92 valence electrons. The fourth-order valence-corrected chi connectivity index (χ4v) is 1.96. The second-order valence-corrected chi connectivity index (χ2v) is 10.3. The zero-order chi connectivity index (χ0) is 12.8. The van der Waals surface area contributed by atoms with Gasteiger partial charge in [0.1, 0.15) is 0 Å². The fourth-order valence-electron chi connectivity index (χ4n) is 0.997. The largest absolute Gasteiger partial charge is 0.413 e. The molecule has 0 spiro atoms. The van der Waals surface area contributed by atoms with Crippen LogP contribution in [-0.4, -0.2) is 14.9 Å². The minimum absolute atomic E-state index is 0.266. The molecule has 0 unspecified atom stereocenters. The van der Waals surface area contributed by atoms with Crippen molar-refractivity contribution < 1.29 is 4.43 Å². The molecule has 0 bridgehead atoms. The lowest BCUT2D eigenvalue weighted by atomic mass is 10.2. The molecule has 0 heterocycles. The molecule has 0 aliphatic carbocycles. The number of hydrogen-bond acceptors (Lipinski definition) is 1. The van der Waals surface area contributed by atoms with E-state index >= 15 is 0 Å². The third-order valence-corrected chi connectivity index (χ3v) is 7.60. The van der Waals surface area contributed by atoms with Crippen LogP contribution in [0.25, 0.3) is 0 Å². The van der Waals surface area contributed by atoms with Gasteiger partial charge in [-0.05, 0) is 30.6 Å². The van der Waals surface area contributed by atoms with Crippen molar-refractivity contribution in [2.24, 2.45) is 0 Å². The SMILES string of the molecule is C=C/C=C(\C=C/C)CO[Si](C)(C)C(C)(C)C. The molecule has 0 N–H and O–H groups in total. The summed E-state index contributed by atoms with van der Waals surface area (Å²) in [5, 5.41) is 0.266. The molecule has 16 heavy (non-hydrogen) atoms. The Hall–Kier alpha value is -0.603. The molecular formula is C14H26OSi. The van der Waals surface area contributed by atoms with Crippen LogP contribution in [0.1, 0.15) is 27.7 Å². The standard InChI is InChI=1S/C14H26OSi/c1-8-10-13(11-9-2)12-15-16(6,7)14(3,4)5/h8-11H,1,12H2,2-7H3/b11-9-,13-10+. The van der Waals surface area contributed by atoms with Gasteiger partial charge < -0.3 is 4.43 Å². The van der Waals surface area contributed by atoms with Gasteiger partial charge in [0.25, 0.3) is 0 Å². The van der Waals surface area contributed by atoms with Crippen LogP contribution < -0.4 is 0 Å². The van der Waals surface area contributed by atoms with Crippen LogP contribution in [0.4, 0.5) is 0 Å². The van der Waals surface area contributed by atoms with Crippen LogP contribution in [0.3, 0.4) is 0 Å². The third-order valence-electron chi connectivity index (χ3n) is 3.12. The zero-order valence-corrected chi connectivity index (χ0v) is 12.6. The summed E-state index contributed by atoms with van der Waals surface area (Å²) in [4.78, 5) is 0. The van der Waals surface area contributed by atoms with Gasteiger partial charge in [-0.3, -0.25) is 0 Å². The van der Waals surface area contributed by atoms with Crippen LogP contribution in [0.15, 0.2) is 36.5 Å².